The summed E-state index contributed by atoms with van der Waals surface area (Å²) in [4.78, 5) is 12.1. The lowest BCUT2D eigenvalue weighted by atomic mass is 10.0. The zero-order valence-electron chi connectivity index (χ0n) is 12.0. The minimum Gasteiger partial charge on any atom is -0.340 e. The van der Waals surface area contributed by atoms with Gasteiger partial charge in [0.2, 0.25) is 0 Å². The Bertz CT molecular complexity index is 703. The number of carbonyl (C=O) groups is 1. The number of terminal acetylenes is 1. The summed E-state index contributed by atoms with van der Waals surface area (Å²) < 4.78 is 0. The van der Waals surface area contributed by atoms with Crippen molar-refractivity contribution in [1.82, 2.24) is 15.5 Å². The maximum Gasteiger partial charge on any atom is 0.272 e. The number of hydrogen-bond donors (Lipinski definition) is 2. The molecule has 0 bridgehead atoms. The van der Waals surface area contributed by atoms with Gasteiger partial charge in [-0.05, 0) is 12.0 Å². The van der Waals surface area contributed by atoms with E-state index in [0.29, 0.717) is 5.56 Å². The molecule has 2 rings (SSSR count). The van der Waals surface area contributed by atoms with Gasteiger partial charge in [0.1, 0.15) is 0 Å². The molecule has 0 radical (unpaired) electrons. The zero-order valence-corrected chi connectivity index (χ0v) is 12.0. The predicted octanol–water partition coefficient (Wildman–Crippen LogP) is 1.40. The van der Waals surface area contributed by atoms with E-state index in [-0.39, 0.29) is 24.7 Å². The van der Waals surface area contributed by atoms with Crippen molar-refractivity contribution in [3.8, 4) is 12.3 Å². The van der Waals surface area contributed by atoms with E-state index in [2.05, 4.69) is 28.4 Å². The summed E-state index contributed by atoms with van der Waals surface area (Å²) in [7, 11) is 0. The van der Waals surface area contributed by atoms with E-state index in [1.165, 1.54) is 0 Å². The monoisotopic (exact) mass is 282 g/mol. The van der Waals surface area contributed by atoms with Crippen molar-refractivity contribution in [1.29, 1.82) is 0 Å². The van der Waals surface area contributed by atoms with Crippen molar-refractivity contribution in [3.63, 3.8) is 0 Å². The fraction of sp³-hybridized carbons (Fsp3) is 0.312. The van der Waals surface area contributed by atoms with Crippen LogP contribution in [0.4, 0.5) is 0 Å². The topological polar surface area (TPSA) is 80.9 Å². The van der Waals surface area contributed by atoms with Gasteiger partial charge in [-0.2, -0.15) is 0 Å². The average Bonchev–Trinajstić information content (AvgIpc) is 2.52. The molecule has 21 heavy (non-hydrogen) atoms. The maximum absolute atomic E-state index is 12.1. The molecule has 1 aromatic carbocycles. The van der Waals surface area contributed by atoms with Gasteiger partial charge in [0.25, 0.3) is 5.91 Å². The van der Waals surface area contributed by atoms with Crippen LogP contribution in [0.5, 0.6) is 0 Å². The van der Waals surface area contributed by atoms with Gasteiger partial charge < -0.3 is 11.1 Å². The van der Waals surface area contributed by atoms with Crippen LogP contribution in [-0.4, -0.2) is 22.6 Å². The van der Waals surface area contributed by atoms with Crippen LogP contribution in [-0.2, 0) is 13.0 Å². The minimum atomic E-state index is -0.344. The molecule has 0 saturated carbocycles. The summed E-state index contributed by atoms with van der Waals surface area (Å²) >= 11 is 0. The summed E-state index contributed by atoms with van der Waals surface area (Å²) in [5, 5.41) is 11.8. The van der Waals surface area contributed by atoms with E-state index >= 15 is 0 Å². The molecular formula is C16H18N4O. The lowest BCUT2D eigenvalue weighted by Gasteiger charge is -2.11. The molecule has 0 unspecified atom stereocenters. The molecule has 0 saturated heterocycles. The van der Waals surface area contributed by atoms with E-state index in [0.717, 1.165) is 29.3 Å². The normalized spacial score (nSPS) is 10.3. The third-order valence-electron chi connectivity index (χ3n) is 3.27. The molecule has 3 N–H and O–H groups in total. The number of aryl methyl sites for hydroxylation is 1. The van der Waals surface area contributed by atoms with Crippen molar-refractivity contribution < 1.29 is 4.79 Å². The highest BCUT2D eigenvalue weighted by molar-refractivity contribution is 5.98. The second-order valence-electron chi connectivity index (χ2n) is 4.68. The van der Waals surface area contributed by atoms with E-state index in [1.54, 1.807) is 0 Å². The Balaban J connectivity index is 2.55. The second-order valence-corrected chi connectivity index (χ2v) is 4.68. The summed E-state index contributed by atoms with van der Waals surface area (Å²) in [6.45, 7) is 2.48. The van der Waals surface area contributed by atoms with Gasteiger partial charge in [0.15, 0.2) is 5.69 Å². The Labute approximate surface area is 123 Å². The van der Waals surface area contributed by atoms with Gasteiger partial charge >= 0.3 is 0 Å². The average molecular weight is 282 g/mol. The Morgan fingerprint density at radius 2 is 2.24 bits per heavy atom. The highest BCUT2D eigenvalue weighted by atomic mass is 16.1. The molecule has 0 spiro atoms. The van der Waals surface area contributed by atoms with Gasteiger partial charge in [-0.15, -0.1) is 16.6 Å². The quantitative estimate of drug-likeness (QED) is 0.812. The van der Waals surface area contributed by atoms with Crippen LogP contribution in [0.2, 0.25) is 0 Å². The first-order valence-electron chi connectivity index (χ1n) is 6.91. The van der Waals surface area contributed by atoms with Crippen LogP contribution in [0.15, 0.2) is 18.2 Å². The number of carbonyl (C=O) groups excluding carboxylic acids is 1. The van der Waals surface area contributed by atoms with Crippen LogP contribution in [0.25, 0.3) is 10.9 Å². The summed E-state index contributed by atoms with van der Waals surface area (Å²) in [6, 6.07) is 5.90. The van der Waals surface area contributed by atoms with E-state index < -0.39 is 0 Å². The van der Waals surface area contributed by atoms with E-state index in [1.807, 2.05) is 18.2 Å². The third kappa shape index (κ3) is 3.01. The Morgan fingerprint density at radius 1 is 1.43 bits per heavy atom. The Hall–Kier alpha value is -2.45. The fourth-order valence-corrected chi connectivity index (χ4v) is 2.32. The van der Waals surface area contributed by atoms with Crippen molar-refractivity contribution in [2.45, 2.75) is 26.3 Å². The number of rotatable bonds is 5. The van der Waals surface area contributed by atoms with Crippen molar-refractivity contribution >= 4 is 16.8 Å². The van der Waals surface area contributed by atoms with Crippen molar-refractivity contribution in [2.75, 3.05) is 6.54 Å². The zero-order chi connectivity index (χ0) is 15.2. The molecule has 108 valence electrons. The lowest BCUT2D eigenvalue weighted by Crippen LogP contribution is -2.27. The molecule has 2 aromatic rings. The minimum absolute atomic E-state index is 0.151. The summed E-state index contributed by atoms with van der Waals surface area (Å²) in [5.41, 5.74) is 8.70. The first kappa shape index (κ1) is 14.9. The molecule has 5 heteroatoms. The second kappa shape index (κ2) is 6.82. The largest absolute Gasteiger partial charge is 0.340 e. The maximum atomic E-state index is 12.1. The number of benzene rings is 1. The number of hydrogen-bond acceptors (Lipinski definition) is 4. The number of aromatic nitrogens is 2. The number of nitrogens with zero attached hydrogens (tertiary/aromatic N) is 2. The van der Waals surface area contributed by atoms with Gasteiger partial charge in [-0.25, -0.2) is 0 Å². The summed E-state index contributed by atoms with van der Waals surface area (Å²) in [5.74, 6) is 2.01. The first-order chi connectivity index (χ1) is 10.2. The van der Waals surface area contributed by atoms with Crippen LogP contribution in [0, 0.1) is 12.3 Å². The van der Waals surface area contributed by atoms with Crippen LogP contribution >= 0.6 is 0 Å². The number of fused-ring (bicyclic) bond motifs is 1. The lowest BCUT2D eigenvalue weighted by molar-refractivity contribution is 0.0952. The molecule has 1 amide bonds. The van der Waals surface area contributed by atoms with E-state index in [4.69, 9.17) is 12.2 Å². The molecular weight excluding hydrogens is 264 g/mol. The Morgan fingerprint density at radius 3 is 2.90 bits per heavy atom. The van der Waals surface area contributed by atoms with Crippen LogP contribution in [0.1, 0.15) is 35.0 Å². The highest BCUT2D eigenvalue weighted by Crippen LogP contribution is 2.22. The Kier molecular flexibility index (Phi) is 4.85. The van der Waals surface area contributed by atoms with Crippen molar-refractivity contribution in [3.05, 3.63) is 35.0 Å². The first-order valence-corrected chi connectivity index (χ1v) is 6.91. The summed E-state index contributed by atoms with van der Waals surface area (Å²) in [6.07, 6.45) is 7.08. The number of amides is 1. The predicted molar refractivity (Wildman–Crippen MR) is 82.6 cm³/mol. The molecule has 0 atom stereocenters. The van der Waals surface area contributed by atoms with Gasteiger partial charge in [0, 0.05) is 17.5 Å². The third-order valence-corrected chi connectivity index (χ3v) is 3.27. The van der Waals surface area contributed by atoms with Gasteiger partial charge in [-0.3, -0.25) is 4.79 Å². The number of nitrogens with one attached hydrogen (secondary N) is 1. The fourth-order valence-electron chi connectivity index (χ4n) is 2.32. The van der Waals surface area contributed by atoms with Crippen molar-refractivity contribution in [2.24, 2.45) is 5.73 Å². The molecule has 0 aliphatic carbocycles. The highest BCUT2D eigenvalue weighted by Gasteiger charge is 2.17. The molecule has 5 nitrogen and oxygen atoms in total. The van der Waals surface area contributed by atoms with Gasteiger partial charge in [0.05, 0.1) is 12.1 Å². The van der Waals surface area contributed by atoms with Gasteiger partial charge in [-0.1, -0.05) is 37.5 Å². The molecule has 0 aliphatic rings. The van der Waals surface area contributed by atoms with Crippen LogP contribution in [0.3, 0.4) is 0 Å². The van der Waals surface area contributed by atoms with E-state index in [9.17, 15) is 4.79 Å². The SMILES string of the molecule is C#CCNC(=O)c1nnc2c(CCC)cccc2c1CN. The van der Waals surface area contributed by atoms with Crippen LogP contribution < -0.4 is 11.1 Å². The standard InChI is InChI=1S/C16H18N4O/c1-3-6-11-7-5-8-12-13(10-17)15(20-19-14(11)12)16(21)18-9-4-2/h2,5,7-8H,3,6,9-10,17H2,1H3,(H,18,21). The number of nitrogens with two attached hydrogens (primary N) is 1. The smallest absolute Gasteiger partial charge is 0.272 e. The molecule has 1 heterocycles. The molecule has 0 aliphatic heterocycles. The molecule has 0 fully saturated rings. The molecule has 1 aromatic heterocycles.